The molecule has 3 fully saturated rings. The minimum Gasteiger partial charge on any atom is -0.497 e. The Morgan fingerprint density at radius 3 is 2.58 bits per heavy atom. The van der Waals surface area contributed by atoms with E-state index in [1.54, 1.807) is 7.11 Å². The molecular weight excluding hydrogens is 352 g/mol. The van der Waals surface area contributed by atoms with Crippen molar-refractivity contribution in [2.75, 3.05) is 38.7 Å². The van der Waals surface area contributed by atoms with Gasteiger partial charge in [-0.25, -0.2) is 0 Å². The Morgan fingerprint density at radius 1 is 1.12 bits per heavy atom. The molecule has 2 aromatic rings. The quantitative estimate of drug-likeness (QED) is 0.817. The summed E-state index contributed by atoms with van der Waals surface area (Å²) in [6.07, 6.45) is 2.38. The van der Waals surface area contributed by atoms with Crippen molar-refractivity contribution < 1.29 is 9.26 Å². The Morgan fingerprint density at radius 2 is 1.88 bits per heavy atom. The first-order valence-corrected chi connectivity index (χ1v) is 9.15. The molecule has 6 nitrogen and oxygen atoms in total. The van der Waals surface area contributed by atoms with Gasteiger partial charge >= 0.3 is 0 Å². The van der Waals surface area contributed by atoms with E-state index in [-0.39, 0.29) is 12.4 Å². The lowest BCUT2D eigenvalue weighted by Crippen LogP contribution is -2.29. The summed E-state index contributed by atoms with van der Waals surface area (Å²) in [7, 11) is 3.94. The Bertz CT molecular complexity index is 761. The first kappa shape index (κ1) is 17.6. The Hall–Kier alpha value is -1.79. The van der Waals surface area contributed by atoms with E-state index < -0.39 is 0 Å². The molecule has 140 valence electrons. The molecule has 3 heterocycles. The third-order valence-corrected chi connectivity index (χ3v) is 5.99. The highest BCUT2D eigenvalue weighted by molar-refractivity contribution is 5.85. The number of halogens is 1. The topological polar surface area (TPSA) is 54.6 Å². The summed E-state index contributed by atoms with van der Waals surface area (Å²) < 4.78 is 10.8. The van der Waals surface area contributed by atoms with Crippen molar-refractivity contribution in [3.05, 3.63) is 35.7 Å². The second-order valence-corrected chi connectivity index (χ2v) is 7.69. The number of methoxy groups -OCH3 is 1. The lowest BCUT2D eigenvalue weighted by atomic mass is 9.89. The molecule has 2 aliphatic heterocycles. The Balaban J connectivity index is 0.00000168. The minimum atomic E-state index is 0. The smallest absolute Gasteiger partial charge is 0.266 e. The first-order valence-electron chi connectivity index (χ1n) is 9.15. The number of aromatic nitrogens is 2. The number of hydrogen-bond acceptors (Lipinski definition) is 6. The molecule has 0 spiro atoms. The average Bonchev–Trinajstić information content (AvgIpc) is 3.09. The van der Waals surface area contributed by atoms with Gasteiger partial charge in [-0.15, -0.1) is 12.4 Å². The summed E-state index contributed by atoms with van der Waals surface area (Å²) in [4.78, 5) is 9.44. The van der Waals surface area contributed by atoms with Gasteiger partial charge < -0.3 is 14.2 Å². The van der Waals surface area contributed by atoms with Crippen LogP contribution in [0.15, 0.2) is 28.8 Å². The van der Waals surface area contributed by atoms with Gasteiger partial charge in [-0.3, -0.25) is 4.90 Å². The highest BCUT2D eigenvalue weighted by Gasteiger charge is 2.47. The van der Waals surface area contributed by atoms with Crippen LogP contribution in [0.2, 0.25) is 0 Å². The molecule has 1 aromatic heterocycles. The highest BCUT2D eigenvalue weighted by Crippen LogP contribution is 2.45. The van der Waals surface area contributed by atoms with E-state index in [1.165, 1.54) is 18.4 Å². The number of likely N-dealkylation sites (tertiary alicyclic amines) is 1. The second kappa shape index (κ2) is 6.74. The van der Waals surface area contributed by atoms with Crippen molar-refractivity contribution in [3.63, 3.8) is 0 Å². The third-order valence-electron chi connectivity index (χ3n) is 5.99. The lowest BCUT2D eigenvalue weighted by molar-refractivity contribution is 0.279. The van der Waals surface area contributed by atoms with Gasteiger partial charge in [-0.05, 0) is 48.7 Å². The lowest BCUT2D eigenvalue weighted by Gasteiger charge is -2.26. The van der Waals surface area contributed by atoms with Gasteiger partial charge in [0.2, 0.25) is 5.89 Å². The number of nitrogens with zero attached hydrogens (tertiary/aromatic N) is 4. The van der Waals surface area contributed by atoms with E-state index in [1.807, 2.05) is 0 Å². The average molecular weight is 377 g/mol. The number of fused-ring (bicyclic) bond motifs is 1. The van der Waals surface area contributed by atoms with Crippen LogP contribution in [0, 0.1) is 11.8 Å². The first-order chi connectivity index (χ1) is 12.2. The molecule has 0 N–H and O–H groups in total. The Kier molecular flexibility index (Phi) is 4.57. The number of anilines is 1. The summed E-state index contributed by atoms with van der Waals surface area (Å²) in [5, 5.41) is 4.24. The number of hydrogen-bond donors (Lipinski definition) is 0. The molecular formula is C19H25ClN4O2. The summed E-state index contributed by atoms with van der Waals surface area (Å²) in [5.74, 6) is 4.29. The molecule has 0 radical (unpaired) electrons. The van der Waals surface area contributed by atoms with E-state index in [4.69, 9.17) is 9.26 Å². The van der Waals surface area contributed by atoms with Gasteiger partial charge in [0.15, 0.2) is 0 Å². The SMILES string of the molecule is COc1ccc([C@H]2[C@@H]3CN(c4noc(C5CC5)n4)C[C@@H]3CN2C)cc1.Cl. The van der Waals surface area contributed by atoms with E-state index in [9.17, 15) is 0 Å². The molecule has 3 atom stereocenters. The molecule has 0 bridgehead atoms. The molecule has 1 aliphatic carbocycles. The molecule has 1 saturated carbocycles. The third kappa shape index (κ3) is 2.95. The van der Waals surface area contributed by atoms with Crippen molar-refractivity contribution in [1.29, 1.82) is 0 Å². The van der Waals surface area contributed by atoms with Gasteiger partial charge in [-0.2, -0.15) is 4.98 Å². The maximum Gasteiger partial charge on any atom is 0.266 e. The van der Waals surface area contributed by atoms with Crippen molar-refractivity contribution in [2.45, 2.75) is 24.8 Å². The fraction of sp³-hybridized carbons (Fsp3) is 0.579. The molecule has 7 heteroatoms. The summed E-state index contributed by atoms with van der Waals surface area (Å²) >= 11 is 0. The van der Waals surface area contributed by atoms with Crippen LogP contribution in [0.3, 0.4) is 0 Å². The minimum absolute atomic E-state index is 0. The van der Waals surface area contributed by atoms with Gasteiger partial charge in [-0.1, -0.05) is 12.1 Å². The van der Waals surface area contributed by atoms with Crippen molar-refractivity contribution >= 4 is 18.4 Å². The highest BCUT2D eigenvalue weighted by atomic mass is 35.5. The summed E-state index contributed by atoms with van der Waals surface area (Å²) in [5.41, 5.74) is 1.37. The van der Waals surface area contributed by atoms with Crippen LogP contribution < -0.4 is 9.64 Å². The molecule has 0 unspecified atom stereocenters. The van der Waals surface area contributed by atoms with Crippen LogP contribution in [0.25, 0.3) is 0 Å². The predicted molar refractivity (Wildman–Crippen MR) is 101 cm³/mol. The van der Waals surface area contributed by atoms with E-state index >= 15 is 0 Å². The molecule has 2 saturated heterocycles. The molecule has 5 rings (SSSR count). The molecule has 0 amide bonds. The Labute approximate surface area is 159 Å². The number of benzene rings is 1. The van der Waals surface area contributed by atoms with Gasteiger partial charge in [0.05, 0.1) is 7.11 Å². The van der Waals surface area contributed by atoms with Crippen LogP contribution in [0.1, 0.15) is 36.3 Å². The van der Waals surface area contributed by atoms with E-state index in [0.717, 1.165) is 37.2 Å². The standard InChI is InChI=1S/C19H24N4O2.ClH/c1-22-9-14-10-23(19-20-18(25-21-19)13-3-4-13)11-16(14)17(22)12-5-7-15(24-2)8-6-12;/h5-8,13-14,16-17H,3-4,9-11H2,1-2H3;1H/t14-,16+,17-;/m0./s1. The normalized spacial score (nSPS) is 28.1. The van der Waals surface area contributed by atoms with Crippen LogP contribution in [0.5, 0.6) is 5.75 Å². The molecule has 1 aromatic carbocycles. The van der Waals surface area contributed by atoms with Crippen molar-refractivity contribution in [1.82, 2.24) is 15.0 Å². The number of rotatable bonds is 4. The number of ether oxygens (including phenoxy) is 1. The van der Waals surface area contributed by atoms with E-state index in [2.05, 4.69) is 51.3 Å². The summed E-state index contributed by atoms with van der Waals surface area (Å²) in [6, 6.07) is 8.96. The van der Waals surface area contributed by atoms with Crippen LogP contribution in [0.4, 0.5) is 5.95 Å². The molecule has 3 aliphatic rings. The van der Waals surface area contributed by atoms with Gasteiger partial charge in [0.25, 0.3) is 5.95 Å². The van der Waals surface area contributed by atoms with Crippen molar-refractivity contribution in [3.8, 4) is 5.75 Å². The van der Waals surface area contributed by atoms with E-state index in [0.29, 0.717) is 23.8 Å². The largest absolute Gasteiger partial charge is 0.497 e. The molecule has 26 heavy (non-hydrogen) atoms. The summed E-state index contributed by atoms with van der Waals surface area (Å²) in [6.45, 7) is 3.13. The maximum atomic E-state index is 5.45. The zero-order valence-electron chi connectivity index (χ0n) is 15.2. The van der Waals surface area contributed by atoms with Crippen molar-refractivity contribution in [2.24, 2.45) is 11.8 Å². The fourth-order valence-corrected chi connectivity index (χ4v) is 4.58. The fourth-order valence-electron chi connectivity index (χ4n) is 4.58. The van der Waals surface area contributed by atoms with Gasteiger partial charge in [0.1, 0.15) is 5.75 Å². The van der Waals surface area contributed by atoms with Crippen LogP contribution in [-0.2, 0) is 0 Å². The zero-order chi connectivity index (χ0) is 17.0. The monoisotopic (exact) mass is 376 g/mol. The maximum absolute atomic E-state index is 5.45. The predicted octanol–water partition coefficient (Wildman–Crippen LogP) is 3.12. The van der Waals surface area contributed by atoms with Crippen LogP contribution in [-0.4, -0.2) is 48.8 Å². The van der Waals surface area contributed by atoms with Gasteiger partial charge in [0, 0.05) is 37.5 Å². The van der Waals surface area contributed by atoms with Crippen LogP contribution >= 0.6 is 12.4 Å². The second-order valence-electron chi connectivity index (χ2n) is 7.69. The zero-order valence-corrected chi connectivity index (χ0v) is 16.0.